The Balaban J connectivity index is 2.08. The first-order valence-corrected chi connectivity index (χ1v) is 8.53. The monoisotopic (exact) mass is 278 g/mol. The predicted octanol–water partition coefficient (Wildman–Crippen LogP) is 3.16. The molecule has 106 valence electrons. The molecule has 1 saturated heterocycles. The van der Waals surface area contributed by atoms with Crippen molar-refractivity contribution in [3.63, 3.8) is 0 Å². The zero-order valence-electron chi connectivity index (χ0n) is 12.1. The maximum atomic E-state index is 3.61. The minimum Gasteiger partial charge on any atom is -0.313 e. The van der Waals surface area contributed by atoms with Crippen LogP contribution in [0.5, 0.6) is 0 Å². The summed E-state index contributed by atoms with van der Waals surface area (Å²) in [7, 11) is 0. The Hall–Kier alpha value is -0.510. The Morgan fingerprint density at radius 1 is 1.16 bits per heavy atom. The quantitative estimate of drug-likeness (QED) is 0.890. The van der Waals surface area contributed by atoms with Crippen molar-refractivity contribution in [1.82, 2.24) is 10.2 Å². The van der Waals surface area contributed by atoms with E-state index < -0.39 is 0 Å². The number of nitrogens with one attached hydrogen (secondary N) is 1. The molecule has 0 aromatic heterocycles. The Kier molecular flexibility index (Phi) is 6.21. The molecule has 1 unspecified atom stereocenters. The molecule has 1 N–H and O–H groups in total. The lowest BCUT2D eigenvalue weighted by atomic mass is 10.0. The van der Waals surface area contributed by atoms with E-state index in [2.05, 4.69) is 66.2 Å². The molecule has 1 atom stereocenters. The number of benzene rings is 1. The first kappa shape index (κ1) is 14.9. The molecule has 0 bridgehead atoms. The molecule has 19 heavy (non-hydrogen) atoms. The summed E-state index contributed by atoms with van der Waals surface area (Å²) in [4.78, 5) is 2.66. The Morgan fingerprint density at radius 3 is 2.68 bits per heavy atom. The molecule has 0 amide bonds. The van der Waals surface area contributed by atoms with Gasteiger partial charge < -0.3 is 5.32 Å². The molecular formula is C16H26N2S. The van der Waals surface area contributed by atoms with Gasteiger partial charge in [0, 0.05) is 30.9 Å². The van der Waals surface area contributed by atoms with E-state index in [0.717, 1.165) is 6.54 Å². The topological polar surface area (TPSA) is 15.3 Å². The van der Waals surface area contributed by atoms with Crippen LogP contribution in [0, 0.1) is 0 Å². The highest BCUT2D eigenvalue weighted by atomic mass is 32.2. The van der Waals surface area contributed by atoms with Crippen LogP contribution in [0.25, 0.3) is 0 Å². The summed E-state index contributed by atoms with van der Waals surface area (Å²) in [6.07, 6.45) is 1.32. The maximum absolute atomic E-state index is 3.61. The van der Waals surface area contributed by atoms with Crippen LogP contribution in [0.1, 0.15) is 31.9 Å². The lowest BCUT2D eigenvalue weighted by Gasteiger charge is -2.31. The van der Waals surface area contributed by atoms with Crippen molar-refractivity contribution in [2.24, 2.45) is 0 Å². The van der Waals surface area contributed by atoms with Crippen molar-refractivity contribution >= 4 is 11.8 Å². The normalized spacial score (nSPS) is 19.3. The molecule has 0 saturated carbocycles. The van der Waals surface area contributed by atoms with E-state index in [-0.39, 0.29) is 0 Å². The smallest absolute Gasteiger partial charge is 0.0473 e. The van der Waals surface area contributed by atoms with Crippen molar-refractivity contribution in [1.29, 1.82) is 0 Å². The molecule has 1 aromatic rings. The van der Waals surface area contributed by atoms with Crippen molar-refractivity contribution in [2.45, 2.75) is 32.4 Å². The first-order chi connectivity index (χ1) is 9.27. The van der Waals surface area contributed by atoms with Crippen molar-refractivity contribution in [3.05, 3.63) is 35.9 Å². The molecule has 0 aliphatic carbocycles. The zero-order chi connectivity index (χ0) is 13.5. The maximum Gasteiger partial charge on any atom is 0.0473 e. The van der Waals surface area contributed by atoms with Gasteiger partial charge in [-0.3, -0.25) is 4.90 Å². The molecule has 1 heterocycles. The lowest BCUT2D eigenvalue weighted by molar-refractivity contribution is 0.205. The van der Waals surface area contributed by atoms with Crippen LogP contribution in [0.4, 0.5) is 0 Å². The molecule has 0 spiro atoms. The average Bonchev–Trinajstić information content (AvgIpc) is 2.69. The van der Waals surface area contributed by atoms with Crippen LogP contribution in [0.3, 0.4) is 0 Å². The van der Waals surface area contributed by atoms with Crippen LogP contribution >= 0.6 is 11.8 Å². The largest absolute Gasteiger partial charge is 0.313 e. The van der Waals surface area contributed by atoms with Gasteiger partial charge >= 0.3 is 0 Å². The molecule has 1 aromatic carbocycles. The summed E-state index contributed by atoms with van der Waals surface area (Å²) in [5.74, 6) is 2.58. The van der Waals surface area contributed by atoms with Crippen LogP contribution < -0.4 is 5.32 Å². The van der Waals surface area contributed by atoms with Gasteiger partial charge in [0.2, 0.25) is 0 Å². The van der Waals surface area contributed by atoms with Crippen molar-refractivity contribution < 1.29 is 0 Å². The van der Waals surface area contributed by atoms with E-state index in [0.29, 0.717) is 12.1 Å². The summed E-state index contributed by atoms with van der Waals surface area (Å²) in [5.41, 5.74) is 1.45. The van der Waals surface area contributed by atoms with Gasteiger partial charge in [0.05, 0.1) is 0 Å². The molecule has 1 aliphatic rings. The van der Waals surface area contributed by atoms with Crippen LogP contribution in [-0.2, 0) is 0 Å². The third-order valence-electron chi connectivity index (χ3n) is 3.60. The summed E-state index contributed by atoms with van der Waals surface area (Å²) in [6, 6.07) is 12.0. The fourth-order valence-corrected chi connectivity index (χ4v) is 3.46. The van der Waals surface area contributed by atoms with E-state index >= 15 is 0 Å². The first-order valence-electron chi connectivity index (χ1n) is 7.37. The van der Waals surface area contributed by atoms with Gasteiger partial charge in [0.25, 0.3) is 0 Å². The SMILES string of the molecule is CC(C)NCC(c1ccccc1)N1CCCSCC1. The number of hydrogen-bond acceptors (Lipinski definition) is 3. The molecule has 3 heteroatoms. The summed E-state index contributed by atoms with van der Waals surface area (Å²) < 4.78 is 0. The summed E-state index contributed by atoms with van der Waals surface area (Å²) >= 11 is 2.09. The minimum absolute atomic E-state index is 0.516. The second kappa shape index (κ2) is 7.93. The van der Waals surface area contributed by atoms with E-state index in [4.69, 9.17) is 0 Å². The molecular weight excluding hydrogens is 252 g/mol. The van der Waals surface area contributed by atoms with Crippen molar-refractivity contribution in [2.75, 3.05) is 31.1 Å². The summed E-state index contributed by atoms with van der Waals surface area (Å²) in [6.45, 7) is 7.93. The van der Waals surface area contributed by atoms with Crippen molar-refractivity contribution in [3.8, 4) is 0 Å². The molecule has 2 nitrogen and oxygen atoms in total. The van der Waals surface area contributed by atoms with Crippen LogP contribution in [0.2, 0.25) is 0 Å². The van der Waals surface area contributed by atoms with E-state index in [1.54, 1.807) is 0 Å². The fourth-order valence-electron chi connectivity index (χ4n) is 2.56. The number of thioether (sulfide) groups is 1. The Morgan fingerprint density at radius 2 is 1.95 bits per heavy atom. The van der Waals surface area contributed by atoms with Gasteiger partial charge in [-0.05, 0) is 24.3 Å². The van der Waals surface area contributed by atoms with Gasteiger partial charge in [-0.15, -0.1) is 0 Å². The zero-order valence-corrected chi connectivity index (χ0v) is 13.0. The lowest BCUT2D eigenvalue weighted by Crippen LogP contribution is -2.39. The Labute approximate surface area is 122 Å². The standard InChI is InChI=1S/C16H26N2S/c1-14(2)17-13-16(15-7-4-3-5-8-15)18-9-6-11-19-12-10-18/h3-5,7-8,14,16-17H,6,9-13H2,1-2H3. The van der Waals surface area contributed by atoms with Crippen LogP contribution in [0.15, 0.2) is 30.3 Å². The summed E-state index contributed by atoms with van der Waals surface area (Å²) in [5, 5.41) is 3.61. The minimum atomic E-state index is 0.516. The van der Waals surface area contributed by atoms with Gasteiger partial charge in [0.1, 0.15) is 0 Å². The second-order valence-electron chi connectivity index (χ2n) is 5.49. The second-order valence-corrected chi connectivity index (χ2v) is 6.72. The Bertz CT molecular complexity index is 345. The highest BCUT2D eigenvalue weighted by molar-refractivity contribution is 7.99. The number of rotatable bonds is 5. The molecule has 0 radical (unpaired) electrons. The third-order valence-corrected chi connectivity index (χ3v) is 4.65. The highest BCUT2D eigenvalue weighted by Crippen LogP contribution is 2.23. The molecule has 2 rings (SSSR count). The number of hydrogen-bond donors (Lipinski definition) is 1. The average molecular weight is 278 g/mol. The van der Waals surface area contributed by atoms with Gasteiger partial charge in [-0.2, -0.15) is 11.8 Å². The fraction of sp³-hybridized carbons (Fsp3) is 0.625. The molecule has 1 aliphatic heterocycles. The van der Waals surface area contributed by atoms with E-state index in [1.165, 1.54) is 36.6 Å². The number of nitrogens with zero attached hydrogens (tertiary/aromatic N) is 1. The molecule has 1 fully saturated rings. The van der Waals surface area contributed by atoms with Gasteiger partial charge in [0.15, 0.2) is 0 Å². The van der Waals surface area contributed by atoms with E-state index in [1.807, 2.05) is 0 Å². The van der Waals surface area contributed by atoms with Gasteiger partial charge in [-0.25, -0.2) is 0 Å². The van der Waals surface area contributed by atoms with Gasteiger partial charge in [-0.1, -0.05) is 44.2 Å². The third kappa shape index (κ3) is 4.83. The predicted molar refractivity (Wildman–Crippen MR) is 85.8 cm³/mol. The van der Waals surface area contributed by atoms with E-state index in [9.17, 15) is 0 Å². The van der Waals surface area contributed by atoms with Crippen LogP contribution in [-0.4, -0.2) is 42.1 Å². The highest BCUT2D eigenvalue weighted by Gasteiger charge is 2.21.